The number of hydrogen-bond acceptors (Lipinski definition) is 2. The van der Waals surface area contributed by atoms with Crippen molar-refractivity contribution in [3.05, 3.63) is 64.1 Å². The second-order valence-electron chi connectivity index (χ2n) is 3.59. The van der Waals surface area contributed by atoms with Crippen LogP contribution < -0.4 is 0 Å². The fourth-order valence-corrected chi connectivity index (χ4v) is 1.93. The van der Waals surface area contributed by atoms with Crippen molar-refractivity contribution in [3.63, 3.8) is 0 Å². The first kappa shape index (κ1) is 11.9. The molecule has 2 rings (SSSR count). The highest BCUT2D eigenvalue weighted by Gasteiger charge is 2.11. The number of aromatic nitrogens is 1. The number of Topliss-reactive ketones (excluding diaryl/α,β-unsaturated/α-hetero) is 1. The van der Waals surface area contributed by atoms with Gasteiger partial charge in [-0.2, -0.15) is 0 Å². The number of pyridine rings is 1. The number of hydrogen-bond donors (Lipinski definition) is 0. The van der Waals surface area contributed by atoms with E-state index in [-0.39, 0.29) is 17.8 Å². The first-order valence-electron chi connectivity index (χ1n) is 5.04. The van der Waals surface area contributed by atoms with Gasteiger partial charge in [0.25, 0.3) is 0 Å². The van der Waals surface area contributed by atoms with Gasteiger partial charge in [-0.3, -0.25) is 9.78 Å². The van der Waals surface area contributed by atoms with Gasteiger partial charge in [-0.1, -0.05) is 12.1 Å². The average Bonchev–Trinajstić information content (AvgIpc) is 2.29. The molecule has 0 unspecified atom stereocenters. The van der Waals surface area contributed by atoms with Gasteiger partial charge in [0.2, 0.25) is 0 Å². The van der Waals surface area contributed by atoms with Gasteiger partial charge in [0.05, 0.1) is 5.56 Å². The summed E-state index contributed by atoms with van der Waals surface area (Å²) in [4.78, 5) is 15.8. The van der Waals surface area contributed by atoms with E-state index >= 15 is 0 Å². The molecule has 0 spiro atoms. The van der Waals surface area contributed by atoms with Crippen molar-refractivity contribution >= 4 is 21.7 Å². The van der Waals surface area contributed by atoms with Gasteiger partial charge in [-0.15, -0.1) is 0 Å². The van der Waals surface area contributed by atoms with E-state index in [0.29, 0.717) is 0 Å². The monoisotopic (exact) mass is 293 g/mol. The Labute approximate surface area is 107 Å². The predicted molar refractivity (Wildman–Crippen MR) is 66.4 cm³/mol. The number of nitrogens with zero attached hydrogens (tertiary/aromatic N) is 1. The molecular formula is C13H9BrFNO. The van der Waals surface area contributed by atoms with Crippen LogP contribution in [-0.2, 0) is 6.42 Å². The Hall–Kier alpha value is -1.55. The van der Waals surface area contributed by atoms with E-state index in [1.54, 1.807) is 30.6 Å². The second-order valence-corrected chi connectivity index (χ2v) is 4.51. The Bertz CT molecular complexity index is 557. The van der Waals surface area contributed by atoms with E-state index in [0.717, 1.165) is 10.0 Å². The van der Waals surface area contributed by atoms with E-state index in [1.807, 2.05) is 0 Å². The molecule has 1 aromatic carbocycles. The van der Waals surface area contributed by atoms with Crippen LogP contribution in [-0.4, -0.2) is 10.8 Å². The summed E-state index contributed by atoms with van der Waals surface area (Å²) in [6.07, 6.45) is 3.38. The van der Waals surface area contributed by atoms with Crippen LogP contribution in [0.3, 0.4) is 0 Å². The molecule has 2 aromatic rings. The molecule has 0 aliphatic rings. The lowest BCUT2D eigenvalue weighted by atomic mass is 10.0. The SMILES string of the molecule is O=C(Cc1cncc(Br)c1)c1ccccc1F. The molecule has 0 radical (unpaired) electrons. The molecule has 0 aliphatic carbocycles. The molecule has 0 saturated carbocycles. The highest BCUT2D eigenvalue weighted by Crippen LogP contribution is 2.14. The molecule has 0 fully saturated rings. The zero-order valence-electron chi connectivity index (χ0n) is 8.86. The number of benzene rings is 1. The Balaban J connectivity index is 2.20. The van der Waals surface area contributed by atoms with Crippen LogP contribution in [0, 0.1) is 5.82 Å². The summed E-state index contributed by atoms with van der Waals surface area (Å²) in [5, 5.41) is 0. The maximum Gasteiger partial charge on any atom is 0.170 e. The Morgan fingerprint density at radius 3 is 2.76 bits per heavy atom. The molecule has 2 nitrogen and oxygen atoms in total. The van der Waals surface area contributed by atoms with Crippen molar-refractivity contribution in [1.29, 1.82) is 0 Å². The van der Waals surface area contributed by atoms with Gasteiger partial charge in [-0.25, -0.2) is 4.39 Å². The van der Waals surface area contributed by atoms with E-state index in [1.165, 1.54) is 12.1 Å². The summed E-state index contributed by atoms with van der Waals surface area (Å²) in [5.41, 5.74) is 0.875. The summed E-state index contributed by atoms with van der Waals surface area (Å²) in [6, 6.07) is 7.78. The Kier molecular flexibility index (Phi) is 3.64. The number of rotatable bonds is 3. The van der Waals surface area contributed by atoms with Crippen molar-refractivity contribution < 1.29 is 9.18 Å². The molecule has 0 saturated heterocycles. The third kappa shape index (κ3) is 2.97. The van der Waals surface area contributed by atoms with E-state index in [4.69, 9.17) is 0 Å². The van der Waals surface area contributed by atoms with Crippen molar-refractivity contribution in [1.82, 2.24) is 4.98 Å². The normalized spacial score (nSPS) is 10.2. The lowest BCUT2D eigenvalue weighted by Crippen LogP contribution is -2.06. The summed E-state index contributed by atoms with van der Waals surface area (Å²) < 4.78 is 14.2. The highest BCUT2D eigenvalue weighted by molar-refractivity contribution is 9.10. The lowest BCUT2D eigenvalue weighted by Gasteiger charge is -2.02. The van der Waals surface area contributed by atoms with Crippen LogP contribution in [0.15, 0.2) is 47.2 Å². The maximum atomic E-state index is 13.4. The topological polar surface area (TPSA) is 30.0 Å². The molecule has 0 amide bonds. The lowest BCUT2D eigenvalue weighted by molar-refractivity contribution is 0.0989. The molecule has 1 heterocycles. The Morgan fingerprint density at radius 1 is 1.29 bits per heavy atom. The minimum Gasteiger partial charge on any atom is -0.294 e. The van der Waals surface area contributed by atoms with Gasteiger partial charge in [0.15, 0.2) is 5.78 Å². The van der Waals surface area contributed by atoms with Crippen LogP contribution in [0.4, 0.5) is 4.39 Å². The summed E-state index contributed by atoms with van der Waals surface area (Å²) in [7, 11) is 0. The summed E-state index contributed by atoms with van der Waals surface area (Å²) in [6.45, 7) is 0. The van der Waals surface area contributed by atoms with E-state index in [9.17, 15) is 9.18 Å². The molecule has 4 heteroatoms. The highest BCUT2D eigenvalue weighted by atomic mass is 79.9. The molecule has 0 atom stereocenters. The first-order valence-corrected chi connectivity index (χ1v) is 5.83. The quantitative estimate of drug-likeness (QED) is 0.812. The van der Waals surface area contributed by atoms with Gasteiger partial charge in [-0.05, 0) is 39.7 Å². The molecular weight excluding hydrogens is 285 g/mol. The molecule has 86 valence electrons. The third-order valence-electron chi connectivity index (χ3n) is 2.30. The zero-order chi connectivity index (χ0) is 12.3. The molecule has 0 N–H and O–H groups in total. The standard InChI is InChI=1S/C13H9BrFNO/c14-10-5-9(7-16-8-10)6-13(17)11-3-1-2-4-12(11)15/h1-5,7-8H,6H2. The zero-order valence-corrected chi connectivity index (χ0v) is 10.4. The first-order chi connectivity index (χ1) is 8.16. The minimum atomic E-state index is -0.486. The number of ketones is 1. The van der Waals surface area contributed by atoms with Gasteiger partial charge in [0, 0.05) is 23.3 Å². The molecule has 17 heavy (non-hydrogen) atoms. The summed E-state index contributed by atoms with van der Waals surface area (Å²) >= 11 is 3.27. The van der Waals surface area contributed by atoms with Crippen molar-refractivity contribution in [2.24, 2.45) is 0 Å². The van der Waals surface area contributed by atoms with Crippen LogP contribution in [0.2, 0.25) is 0 Å². The Morgan fingerprint density at radius 2 is 2.06 bits per heavy atom. The average molecular weight is 294 g/mol. The molecule has 0 aliphatic heterocycles. The van der Waals surface area contributed by atoms with E-state index in [2.05, 4.69) is 20.9 Å². The minimum absolute atomic E-state index is 0.118. The summed E-state index contributed by atoms with van der Waals surface area (Å²) in [5.74, 6) is -0.733. The van der Waals surface area contributed by atoms with Crippen molar-refractivity contribution in [2.45, 2.75) is 6.42 Å². The predicted octanol–water partition coefficient (Wildman–Crippen LogP) is 3.41. The molecule has 0 bridgehead atoms. The largest absolute Gasteiger partial charge is 0.294 e. The van der Waals surface area contributed by atoms with Crippen LogP contribution in [0.25, 0.3) is 0 Å². The van der Waals surface area contributed by atoms with Crippen LogP contribution >= 0.6 is 15.9 Å². The number of carbonyl (C=O) groups excluding carboxylic acids is 1. The number of carbonyl (C=O) groups is 1. The van der Waals surface area contributed by atoms with E-state index < -0.39 is 5.82 Å². The van der Waals surface area contributed by atoms with Crippen LogP contribution in [0.5, 0.6) is 0 Å². The second kappa shape index (κ2) is 5.19. The fourth-order valence-electron chi connectivity index (χ4n) is 1.52. The number of halogens is 2. The van der Waals surface area contributed by atoms with Gasteiger partial charge >= 0.3 is 0 Å². The third-order valence-corrected chi connectivity index (χ3v) is 2.73. The van der Waals surface area contributed by atoms with Gasteiger partial charge < -0.3 is 0 Å². The molecule has 1 aromatic heterocycles. The van der Waals surface area contributed by atoms with Crippen LogP contribution in [0.1, 0.15) is 15.9 Å². The van der Waals surface area contributed by atoms with Crippen molar-refractivity contribution in [2.75, 3.05) is 0 Å². The maximum absolute atomic E-state index is 13.4. The van der Waals surface area contributed by atoms with Crippen molar-refractivity contribution in [3.8, 4) is 0 Å². The smallest absolute Gasteiger partial charge is 0.170 e. The van der Waals surface area contributed by atoms with Gasteiger partial charge in [0.1, 0.15) is 5.82 Å². The fraction of sp³-hybridized carbons (Fsp3) is 0.0769.